The van der Waals surface area contributed by atoms with E-state index >= 15 is 0 Å². The molecular weight excluding hydrogens is 1790 g/mol. The summed E-state index contributed by atoms with van der Waals surface area (Å²) in [6.45, 7) is 25.1. The first kappa shape index (κ1) is 98.6. The van der Waals surface area contributed by atoms with Crippen LogP contribution in [0, 0.1) is 69.2 Å². The zero-order valence-electron chi connectivity index (χ0n) is 85.3. The Morgan fingerprint density at radius 1 is 0.197 bits per heavy atom. The molecule has 6 heteroatoms. The third kappa shape index (κ3) is 23.2. The minimum absolute atomic E-state index is 0.946. The summed E-state index contributed by atoms with van der Waals surface area (Å²) < 4.78 is 0. The highest BCUT2D eigenvalue weighted by Gasteiger charge is 2.21. The van der Waals surface area contributed by atoms with E-state index in [1.165, 1.54) is 211 Å². The van der Waals surface area contributed by atoms with Crippen LogP contribution < -0.4 is 0 Å². The fraction of sp³-hybridized carbons (Fsp3) is 0.0780. The lowest BCUT2D eigenvalue weighted by Crippen LogP contribution is -1.94. The number of nitrogens with zero attached hydrogens (tertiary/aromatic N) is 4. The second kappa shape index (κ2) is 46.0. The molecule has 1 radical (unpaired) electrons. The smallest absolute Gasteiger partial charge is 0.134 e. The van der Waals surface area contributed by atoms with Crippen LogP contribution in [0.3, 0.4) is 0 Å². The van der Waals surface area contributed by atoms with Gasteiger partial charge in [0.15, 0.2) is 0 Å². The Morgan fingerprint density at radius 3 is 0.633 bits per heavy atom. The van der Waals surface area contributed by atoms with E-state index in [9.17, 15) is 0 Å². The second-order valence-electron chi connectivity index (χ2n) is 38.2. The van der Waals surface area contributed by atoms with Gasteiger partial charge in [-0.1, -0.05) is 488 Å². The molecule has 23 rings (SSSR count). The van der Waals surface area contributed by atoms with Crippen LogP contribution >= 0.6 is 9.12 Å². The van der Waals surface area contributed by atoms with Crippen molar-refractivity contribution in [3.63, 3.8) is 0 Å². The Labute approximate surface area is 869 Å². The third-order valence-electron chi connectivity index (χ3n) is 27.2. The van der Waals surface area contributed by atoms with Crippen LogP contribution in [0.1, 0.15) is 123 Å². The minimum Gasteiger partial charge on any atom is -0.254 e. The van der Waals surface area contributed by atoms with Gasteiger partial charge in [0.05, 0.1) is 22.1 Å². The maximum Gasteiger partial charge on any atom is 0.134 e. The summed E-state index contributed by atoms with van der Waals surface area (Å²) in [6.07, 6.45) is 13.2. The van der Waals surface area contributed by atoms with E-state index in [1.54, 1.807) is 0 Å². The van der Waals surface area contributed by atoms with Gasteiger partial charge in [0.2, 0.25) is 0 Å². The van der Waals surface area contributed by atoms with Gasteiger partial charge in [0.1, 0.15) is 7.00 Å². The zero-order valence-corrected chi connectivity index (χ0v) is 86.4. The van der Waals surface area contributed by atoms with Crippen LogP contribution in [-0.4, -0.2) is 26.9 Å². The highest BCUT2D eigenvalue weighted by Crippen LogP contribution is 2.44. The molecule has 0 aliphatic heterocycles. The van der Waals surface area contributed by atoms with E-state index in [1.807, 2.05) is 50.5 Å². The summed E-state index contributed by atoms with van der Waals surface area (Å²) in [7, 11) is 2.45. The van der Waals surface area contributed by atoms with Gasteiger partial charge >= 0.3 is 0 Å². The van der Waals surface area contributed by atoms with Gasteiger partial charge < -0.3 is 0 Å². The van der Waals surface area contributed by atoms with Crippen LogP contribution in [0.15, 0.2) is 473 Å². The van der Waals surface area contributed by atoms with Gasteiger partial charge in [-0.25, -0.2) is 0 Å². The van der Waals surface area contributed by atoms with E-state index in [-0.39, 0.29) is 0 Å². The lowest BCUT2D eigenvalue weighted by Gasteiger charge is -2.17. The predicted octanol–water partition coefficient (Wildman–Crippen LogP) is 37.5. The average Bonchev–Trinajstić information content (AvgIpc) is 0.747. The third-order valence-corrected chi connectivity index (χ3v) is 27.2. The van der Waals surface area contributed by atoms with Crippen molar-refractivity contribution >= 4 is 128 Å². The number of hydrogen-bond donors (Lipinski definition) is 0. The van der Waals surface area contributed by atoms with Crippen molar-refractivity contribution in [3.05, 3.63) is 596 Å². The first-order chi connectivity index (χ1) is 71.9. The molecule has 4 nitrogen and oxygen atoms in total. The van der Waals surface area contributed by atoms with Gasteiger partial charge in [0, 0.05) is 45.3 Å². The van der Waals surface area contributed by atoms with Gasteiger partial charge in [-0.05, 0) is 284 Å². The Kier molecular flexibility index (Phi) is 30.9. The summed E-state index contributed by atoms with van der Waals surface area (Å²) in [5.41, 5.74) is 47.5. The molecule has 4 aromatic heterocycles. The molecule has 709 valence electrons. The highest BCUT2D eigenvalue weighted by molar-refractivity contribution is 7.55. The fourth-order valence-corrected chi connectivity index (χ4v) is 19.4. The Morgan fingerprint density at radius 2 is 0.401 bits per heavy atom. The van der Waals surface area contributed by atoms with Crippen molar-refractivity contribution < 1.29 is 0 Å². The summed E-state index contributed by atoms with van der Waals surface area (Å²) in [5, 5.41) is 9.52. The number of rotatable bonds is 17. The maximum atomic E-state index is 4.90. The molecule has 0 bridgehead atoms. The number of fused-ring (bicyclic) bond motifs is 8. The lowest BCUT2D eigenvalue weighted by atomic mass is 9.86. The van der Waals surface area contributed by atoms with Crippen molar-refractivity contribution in [2.45, 2.75) is 76.1 Å². The number of pyridine rings is 4. The topological polar surface area (TPSA) is 51.6 Å². The van der Waals surface area contributed by atoms with Gasteiger partial charge in [-0.3, -0.25) is 19.9 Å². The standard InChI is InChI=1S/C46H38.C44H38.C26H20N2.C24H16N2.CH5BP/c1-31-13-21-35(22-14-31)43(36-23-15-32(2)16-24-36)29-45-39-9-5-7-11-41(39)46(42-12-8-6-10-40(42)45)30-44(37-25-17-33(3)18-26-37)38-27-19-34(4)20-28-38;1-31-5-17-39(18-6-31)43(40-19-7-32(2)8-20-40)29-35-13-25-37(26-14-35)38-27-15-36(16-28-38)30-44(41-21-9-33(3)10-22-41)42-23-11-34(4)12-24-42;1-17-15-23(19-9-5-3-6-10-19)21-13-14-22-24(20-11-7-4-8-12-20)16-18(2)28-26(22)25(21)27-17;1-3-7-17(8-4-1)19-13-15-25-23-21(19)11-12-22-20(14-16-26-24(22)23)18-9-5-2-6-10-18;1-2-3/h5-30H,1-4H3;5-30H,1-4H3;3-16H,1-2H3;1-16H;3H2,1H3. The van der Waals surface area contributed by atoms with E-state index in [0.29, 0.717) is 0 Å². The van der Waals surface area contributed by atoms with Crippen molar-refractivity contribution in [1.29, 1.82) is 0 Å². The molecule has 19 aromatic carbocycles. The number of benzene rings is 19. The van der Waals surface area contributed by atoms with Crippen molar-refractivity contribution in [2.75, 3.05) is 0 Å². The molecule has 4 heterocycles. The molecule has 23 aromatic rings. The SMILES string of the molecule is C[B]P.Cc1cc(-c2ccccc2)c2ccc3c(-c4ccccc4)cc(C)nc3c2n1.Cc1ccc(C(=Cc2c3ccccc3c(C=C(c3ccc(C)cc3)c3ccc(C)cc3)c3ccccc23)c2ccc(C)cc2)cc1.Cc1ccc(C(=Cc2ccc(-c3ccc(C=C(c4ccc(C)cc4)c4ccc(C)cc4)cc3)cc2)c2ccc(C)cc2)cc1.c1ccc(-c2ccnc3c2ccc2c(-c4ccccc4)ccnc23)cc1. The monoisotopic (exact) mass is 1910 g/mol. The number of hydrogen-bond acceptors (Lipinski definition) is 4. The molecule has 0 aliphatic rings. The van der Waals surface area contributed by atoms with Gasteiger partial charge in [-0.15, -0.1) is 0 Å². The molecule has 0 aliphatic carbocycles. The summed E-state index contributed by atoms with van der Waals surface area (Å²) in [6, 6.07) is 165. The fourth-order valence-electron chi connectivity index (χ4n) is 19.4. The maximum absolute atomic E-state index is 4.90. The molecule has 1 atom stereocenters. The summed E-state index contributed by atoms with van der Waals surface area (Å²) >= 11 is 0. The van der Waals surface area contributed by atoms with Crippen molar-refractivity contribution in [2.24, 2.45) is 0 Å². The van der Waals surface area contributed by atoms with Crippen LogP contribution in [0.2, 0.25) is 6.82 Å². The molecular formula is C141H117BN4P. The van der Waals surface area contributed by atoms with Gasteiger partial charge in [0.25, 0.3) is 0 Å². The normalized spacial score (nSPS) is 10.9. The molecule has 0 fully saturated rings. The predicted molar refractivity (Wildman–Crippen MR) is 637 cm³/mol. The average molecular weight is 1910 g/mol. The first-order valence-electron chi connectivity index (χ1n) is 50.6. The van der Waals surface area contributed by atoms with Crippen molar-refractivity contribution in [3.8, 4) is 55.6 Å². The Bertz CT molecular complexity index is 7950. The van der Waals surface area contributed by atoms with Crippen LogP contribution in [0.5, 0.6) is 0 Å². The Balaban J connectivity index is 0.000000126. The van der Waals surface area contributed by atoms with E-state index in [4.69, 9.17) is 9.97 Å². The van der Waals surface area contributed by atoms with Gasteiger partial charge in [-0.2, -0.15) is 9.12 Å². The van der Waals surface area contributed by atoms with Crippen LogP contribution in [0.4, 0.5) is 0 Å². The van der Waals surface area contributed by atoms with E-state index in [2.05, 4.69) is 549 Å². The second-order valence-corrected chi connectivity index (χ2v) is 38.8. The molecule has 147 heavy (non-hydrogen) atoms. The minimum atomic E-state index is 0.946. The molecule has 0 saturated carbocycles. The van der Waals surface area contributed by atoms with E-state index in [0.717, 1.165) is 55.0 Å². The number of aryl methyl sites for hydroxylation is 10. The molecule has 1 unspecified atom stereocenters. The van der Waals surface area contributed by atoms with E-state index < -0.39 is 0 Å². The van der Waals surface area contributed by atoms with Crippen LogP contribution in [0.25, 0.3) is 167 Å². The zero-order chi connectivity index (χ0) is 101. The number of aromatic nitrogens is 4. The van der Waals surface area contributed by atoms with Crippen molar-refractivity contribution in [1.82, 2.24) is 19.9 Å². The first-order valence-corrected chi connectivity index (χ1v) is 51.2. The molecule has 0 spiro atoms. The largest absolute Gasteiger partial charge is 0.254 e. The lowest BCUT2D eigenvalue weighted by molar-refractivity contribution is 1.23. The highest BCUT2D eigenvalue weighted by atomic mass is 31.0. The molecule has 0 saturated heterocycles. The van der Waals surface area contributed by atoms with Crippen LogP contribution in [-0.2, 0) is 0 Å². The summed E-state index contributed by atoms with van der Waals surface area (Å²) in [4.78, 5) is 19.1. The Hall–Kier alpha value is -17.2. The molecule has 0 N–H and O–H groups in total. The summed E-state index contributed by atoms with van der Waals surface area (Å²) in [5.74, 6) is 0. The molecule has 0 amide bonds. The quantitative estimate of drug-likeness (QED) is 0.0300.